The van der Waals surface area contributed by atoms with Crippen LogP contribution in [0.4, 0.5) is 0 Å². The molecule has 0 N–H and O–H groups in total. The van der Waals surface area contributed by atoms with E-state index in [-0.39, 0.29) is 51.4 Å². The summed E-state index contributed by atoms with van der Waals surface area (Å²) in [6, 6.07) is 0. The van der Waals surface area contributed by atoms with Crippen LogP contribution in [0.1, 0.15) is 0 Å². The quantitative estimate of drug-likeness (QED) is 0.299. The molecule has 0 amide bonds. The van der Waals surface area contributed by atoms with Crippen molar-refractivity contribution in [1.82, 2.24) is 0 Å². The van der Waals surface area contributed by atoms with E-state index in [0.29, 0.717) is 0 Å². The standard InChI is InChI=1S/C3H7O2P.K/c1-3-6(2,4)5;/h3H,1H2,2H3,(H,4,5);/q;+1/p-1. The van der Waals surface area contributed by atoms with E-state index in [1.165, 1.54) is 0 Å². The summed E-state index contributed by atoms with van der Waals surface area (Å²) in [5.74, 6) is 0.938. The second kappa shape index (κ2) is 4.45. The zero-order valence-electron chi connectivity index (χ0n) is 4.55. The van der Waals surface area contributed by atoms with Crippen molar-refractivity contribution >= 4 is 7.37 Å². The van der Waals surface area contributed by atoms with Crippen molar-refractivity contribution in [2.45, 2.75) is 0 Å². The third-order valence-electron chi connectivity index (χ3n) is 0.332. The van der Waals surface area contributed by atoms with Crippen LogP contribution in [0.25, 0.3) is 0 Å². The van der Waals surface area contributed by atoms with Gasteiger partial charge in [0.15, 0.2) is 0 Å². The van der Waals surface area contributed by atoms with Gasteiger partial charge in [-0.2, -0.15) is 0 Å². The van der Waals surface area contributed by atoms with Gasteiger partial charge in [-0.1, -0.05) is 6.58 Å². The molecule has 7 heavy (non-hydrogen) atoms. The molecule has 4 heteroatoms. The van der Waals surface area contributed by atoms with Crippen LogP contribution in [0.5, 0.6) is 0 Å². The molecule has 0 spiro atoms. The van der Waals surface area contributed by atoms with Crippen LogP contribution in [0, 0.1) is 0 Å². The average Bonchev–Trinajstić information content (AvgIpc) is 1.35. The summed E-state index contributed by atoms with van der Waals surface area (Å²) in [7, 11) is -3.13. The van der Waals surface area contributed by atoms with Crippen molar-refractivity contribution in [1.29, 1.82) is 0 Å². The minimum absolute atomic E-state index is 0. The van der Waals surface area contributed by atoms with Crippen molar-refractivity contribution in [3.63, 3.8) is 0 Å². The van der Waals surface area contributed by atoms with Gasteiger partial charge < -0.3 is 9.46 Å². The third kappa shape index (κ3) is 11.2. The fraction of sp³-hybridized carbons (Fsp3) is 0.333. The molecular weight excluding hydrogens is 138 g/mol. The molecule has 0 aliphatic heterocycles. The Morgan fingerprint density at radius 1 is 1.86 bits per heavy atom. The second-order valence-corrected chi connectivity index (χ2v) is 3.27. The maximum Gasteiger partial charge on any atom is 1.00 e. The number of hydrogen-bond donors (Lipinski definition) is 0. The van der Waals surface area contributed by atoms with Gasteiger partial charge in [0.25, 0.3) is 0 Å². The van der Waals surface area contributed by atoms with E-state index < -0.39 is 7.37 Å². The summed E-state index contributed by atoms with van der Waals surface area (Å²) < 4.78 is 9.91. The summed E-state index contributed by atoms with van der Waals surface area (Å²) in [4.78, 5) is 9.91. The van der Waals surface area contributed by atoms with Crippen LogP contribution in [0.2, 0.25) is 0 Å². The molecule has 0 radical (unpaired) electrons. The van der Waals surface area contributed by atoms with Crippen LogP contribution in [-0.2, 0) is 4.57 Å². The van der Waals surface area contributed by atoms with Gasteiger partial charge in [0.05, 0.1) is 0 Å². The van der Waals surface area contributed by atoms with Gasteiger partial charge in [-0.25, -0.2) is 0 Å². The summed E-state index contributed by atoms with van der Waals surface area (Å²) in [5.41, 5.74) is 0. The van der Waals surface area contributed by atoms with E-state index in [4.69, 9.17) is 0 Å². The predicted octanol–water partition coefficient (Wildman–Crippen LogP) is -2.60. The smallest absolute Gasteiger partial charge is 0.797 e. The summed E-state index contributed by atoms with van der Waals surface area (Å²) in [5, 5.41) is 0. The maximum atomic E-state index is 9.91. The number of hydrogen-bond acceptors (Lipinski definition) is 2. The van der Waals surface area contributed by atoms with Gasteiger partial charge in [0.2, 0.25) is 0 Å². The zero-order valence-corrected chi connectivity index (χ0v) is 8.57. The average molecular weight is 144 g/mol. The summed E-state index contributed by atoms with van der Waals surface area (Å²) >= 11 is 0. The Kier molecular flexibility index (Phi) is 7.22. The van der Waals surface area contributed by atoms with E-state index >= 15 is 0 Å². The maximum absolute atomic E-state index is 9.91. The third-order valence-corrected chi connectivity index (χ3v) is 0.995. The monoisotopic (exact) mass is 144 g/mol. The van der Waals surface area contributed by atoms with Crippen molar-refractivity contribution in [2.75, 3.05) is 6.66 Å². The Hall–Kier alpha value is 1.57. The normalized spacial score (nSPS) is 16.3. The molecule has 0 saturated carbocycles. The van der Waals surface area contributed by atoms with Crippen LogP contribution in [0.15, 0.2) is 12.4 Å². The second-order valence-electron chi connectivity index (χ2n) is 1.09. The molecule has 0 aliphatic carbocycles. The Balaban J connectivity index is 0. The number of rotatable bonds is 1. The van der Waals surface area contributed by atoms with E-state index in [1.54, 1.807) is 0 Å². The fourth-order valence-corrected chi connectivity index (χ4v) is 0. The van der Waals surface area contributed by atoms with Crippen LogP contribution in [0.3, 0.4) is 0 Å². The Bertz CT molecular complexity index is 95.1. The van der Waals surface area contributed by atoms with Gasteiger partial charge in [0, 0.05) is 7.37 Å². The molecule has 36 valence electrons. The Morgan fingerprint density at radius 2 is 2.00 bits per heavy atom. The molecule has 0 aromatic heterocycles. The van der Waals surface area contributed by atoms with Crippen molar-refractivity contribution in [3.8, 4) is 0 Å². The molecule has 2 nitrogen and oxygen atoms in total. The van der Waals surface area contributed by atoms with E-state index in [2.05, 4.69) is 6.58 Å². The first-order valence-electron chi connectivity index (χ1n) is 1.48. The van der Waals surface area contributed by atoms with Crippen LogP contribution < -0.4 is 56.3 Å². The summed E-state index contributed by atoms with van der Waals surface area (Å²) in [6.07, 6.45) is 0. The molecule has 0 heterocycles. The molecule has 0 fully saturated rings. The molecular formula is C3H6KO2P. The first kappa shape index (κ1) is 11.4. The Labute approximate surface area is 85.9 Å². The van der Waals surface area contributed by atoms with Gasteiger partial charge in [-0.15, -0.1) is 0 Å². The molecule has 1 atom stereocenters. The van der Waals surface area contributed by atoms with Crippen LogP contribution in [-0.4, -0.2) is 6.66 Å². The first-order valence-corrected chi connectivity index (χ1v) is 3.62. The SMILES string of the molecule is C=CP(C)(=O)[O-].[K+]. The zero-order chi connectivity index (χ0) is 5.21. The largest absolute Gasteiger partial charge is 1.00 e. The van der Waals surface area contributed by atoms with Gasteiger partial charge in [0.1, 0.15) is 0 Å². The molecule has 0 aliphatic rings. The Morgan fingerprint density at radius 3 is 2.00 bits per heavy atom. The predicted molar refractivity (Wildman–Crippen MR) is 23.7 cm³/mol. The molecule has 0 bridgehead atoms. The van der Waals surface area contributed by atoms with Gasteiger partial charge >= 0.3 is 51.4 Å². The van der Waals surface area contributed by atoms with E-state index in [0.717, 1.165) is 12.5 Å². The van der Waals surface area contributed by atoms with Crippen molar-refractivity contribution in [3.05, 3.63) is 12.4 Å². The molecule has 0 aromatic carbocycles. The van der Waals surface area contributed by atoms with E-state index in [1.807, 2.05) is 0 Å². The molecule has 0 aromatic rings. The fourth-order valence-electron chi connectivity index (χ4n) is 0. The minimum Gasteiger partial charge on any atom is -0.797 e. The molecule has 0 saturated heterocycles. The van der Waals surface area contributed by atoms with Crippen LogP contribution >= 0.6 is 7.37 Å². The topological polar surface area (TPSA) is 40.1 Å². The first-order chi connectivity index (χ1) is 2.56. The van der Waals surface area contributed by atoms with E-state index in [9.17, 15) is 9.46 Å². The molecule has 0 rings (SSSR count). The van der Waals surface area contributed by atoms with Gasteiger partial charge in [-0.3, -0.25) is 0 Å². The molecule has 1 unspecified atom stereocenters. The van der Waals surface area contributed by atoms with Gasteiger partial charge in [-0.05, 0) is 12.5 Å². The van der Waals surface area contributed by atoms with Crippen molar-refractivity contribution in [2.24, 2.45) is 0 Å². The summed E-state index contributed by atoms with van der Waals surface area (Å²) in [6.45, 7) is 4.18. The minimum atomic E-state index is -3.13. The van der Waals surface area contributed by atoms with Crippen molar-refractivity contribution < 1.29 is 60.8 Å².